The molecule has 100 valence electrons. The van der Waals surface area contributed by atoms with Gasteiger partial charge in [0.2, 0.25) is 0 Å². The SMILES string of the molecule is CCC(C)CN(CC)c1ccc(N)c(C(=O)O)c1. The summed E-state index contributed by atoms with van der Waals surface area (Å²) in [6, 6.07) is 5.20. The van der Waals surface area contributed by atoms with E-state index < -0.39 is 5.97 Å². The molecular weight excluding hydrogens is 228 g/mol. The Hall–Kier alpha value is -1.71. The fourth-order valence-corrected chi connectivity index (χ4v) is 1.85. The summed E-state index contributed by atoms with van der Waals surface area (Å²) in [6.45, 7) is 8.20. The lowest BCUT2D eigenvalue weighted by molar-refractivity contribution is 0.0698. The second-order valence-electron chi connectivity index (χ2n) is 4.63. The van der Waals surface area contributed by atoms with E-state index in [0.29, 0.717) is 11.6 Å². The maximum atomic E-state index is 11.1. The Labute approximate surface area is 108 Å². The molecule has 4 heteroatoms. The standard InChI is InChI=1S/C14H22N2O2/c1-4-10(3)9-16(5-2)11-6-7-13(15)12(8-11)14(17)18/h6-8,10H,4-5,9,15H2,1-3H3,(H,17,18). The highest BCUT2D eigenvalue weighted by Gasteiger charge is 2.13. The van der Waals surface area contributed by atoms with Gasteiger partial charge in [-0.05, 0) is 31.0 Å². The van der Waals surface area contributed by atoms with Gasteiger partial charge >= 0.3 is 5.97 Å². The van der Waals surface area contributed by atoms with Crippen LogP contribution in [0, 0.1) is 5.92 Å². The quantitative estimate of drug-likeness (QED) is 0.762. The van der Waals surface area contributed by atoms with E-state index in [-0.39, 0.29) is 5.56 Å². The second kappa shape index (κ2) is 6.28. The van der Waals surface area contributed by atoms with Gasteiger partial charge in [0, 0.05) is 24.5 Å². The highest BCUT2D eigenvalue weighted by molar-refractivity contribution is 5.94. The maximum absolute atomic E-state index is 11.1. The van der Waals surface area contributed by atoms with Crippen molar-refractivity contribution in [2.45, 2.75) is 27.2 Å². The van der Waals surface area contributed by atoms with Crippen LogP contribution in [-0.2, 0) is 0 Å². The van der Waals surface area contributed by atoms with Crippen molar-refractivity contribution in [3.8, 4) is 0 Å². The molecule has 0 fully saturated rings. The van der Waals surface area contributed by atoms with Crippen molar-refractivity contribution in [1.29, 1.82) is 0 Å². The summed E-state index contributed by atoms with van der Waals surface area (Å²) in [6.07, 6.45) is 1.11. The van der Waals surface area contributed by atoms with Gasteiger partial charge in [0.1, 0.15) is 0 Å². The number of aromatic carboxylic acids is 1. The van der Waals surface area contributed by atoms with Crippen LogP contribution in [0.25, 0.3) is 0 Å². The Bertz CT molecular complexity index is 418. The molecule has 1 atom stereocenters. The van der Waals surface area contributed by atoms with Crippen molar-refractivity contribution in [3.05, 3.63) is 23.8 Å². The van der Waals surface area contributed by atoms with Crippen LogP contribution in [0.4, 0.5) is 11.4 Å². The Morgan fingerprint density at radius 2 is 2.11 bits per heavy atom. The number of nitrogens with zero attached hydrogens (tertiary/aromatic N) is 1. The zero-order valence-electron chi connectivity index (χ0n) is 11.3. The topological polar surface area (TPSA) is 66.6 Å². The molecule has 0 aliphatic carbocycles. The van der Waals surface area contributed by atoms with Crippen molar-refractivity contribution in [2.24, 2.45) is 5.92 Å². The zero-order valence-corrected chi connectivity index (χ0v) is 11.3. The average molecular weight is 250 g/mol. The first-order valence-electron chi connectivity index (χ1n) is 6.37. The van der Waals surface area contributed by atoms with Crippen LogP contribution >= 0.6 is 0 Å². The van der Waals surface area contributed by atoms with E-state index >= 15 is 0 Å². The normalized spacial score (nSPS) is 12.2. The molecule has 0 bridgehead atoms. The van der Waals surface area contributed by atoms with E-state index in [2.05, 4.69) is 25.7 Å². The largest absolute Gasteiger partial charge is 0.478 e. The van der Waals surface area contributed by atoms with Gasteiger partial charge in [0.05, 0.1) is 5.56 Å². The first-order valence-corrected chi connectivity index (χ1v) is 6.37. The van der Waals surface area contributed by atoms with E-state index in [4.69, 9.17) is 10.8 Å². The third kappa shape index (κ3) is 3.39. The van der Waals surface area contributed by atoms with Crippen molar-refractivity contribution in [1.82, 2.24) is 0 Å². The van der Waals surface area contributed by atoms with Crippen molar-refractivity contribution >= 4 is 17.3 Å². The molecule has 0 amide bonds. The van der Waals surface area contributed by atoms with Crippen LogP contribution in [0.2, 0.25) is 0 Å². The lowest BCUT2D eigenvalue weighted by Gasteiger charge is -2.26. The molecule has 1 aromatic carbocycles. The van der Waals surface area contributed by atoms with Crippen molar-refractivity contribution in [3.63, 3.8) is 0 Å². The van der Waals surface area contributed by atoms with Gasteiger partial charge < -0.3 is 15.7 Å². The maximum Gasteiger partial charge on any atom is 0.337 e. The highest BCUT2D eigenvalue weighted by atomic mass is 16.4. The highest BCUT2D eigenvalue weighted by Crippen LogP contribution is 2.22. The lowest BCUT2D eigenvalue weighted by atomic mass is 10.1. The minimum absolute atomic E-state index is 0.176. The van der Waals surface area contributed by atoms with Crippen LogP contribution in [0.15, 0.2) is 18.2 Å². The number of anilines is 2. The fourth-order valence-electron chi connectivity index (χ4n) is 1.85. The molecule has 3 N–H and O–H groups in total. The first kappa shape index (κ1) is 14.4. The van der Waals surface area contributed by atoms with Gasteiger partial charge in [-0.3, -0.25) is 0 Å². The molecular formula is C14H22N2O2. The number of hydrogen-bond donors (Lipinski definition) is 2. The molecule has 0 aromatic heterocycles. The van der Waals surface area contributed by atoms with E-state index in [1.54, 1.807) is 12.1 Å². The van der Waals surface area contributed by atoms with E-state index in [0.717, 1.165) is 25.2 Å². The number of benzene rings is 1. The Morgan fingerprint density at radius 3 is 2.61 bits per heavy atom. The summed E-state index contributed by atoms with van der Waals surface area (Å²) in [5.74, 6) is -0.398. The van der Waals surface area contributed by atoms with Gasteiger partial charge in [-0.1, -0.05) is 20.3 Å². The first-order chi connectivity index (χ1) is 8.49. The van der Waals surface area contributed by atoms with Gasteiger partial charge in [-0.15, -0.1) is 0 Å². The van der Waals surface area contributed by atoms with Crippen LogP contribution in [0.5, 0.6) is 0 Å². The molecule has 1 rings (SSSR count). The third-order valence-corrected chi connectivity index (χ3v) is 3.24. The molecule has 0 radical (unpaired) electrons. The number of nitrogen functional groups attached to an aromatic ring is 1. The average Bonchev–Trinajstić information content (AvgIpc) is 2.36. The molecule has 1 aromatic rings. The monoisotopic (exact) mass is 250 g/mol. The van der Waals surface area contributed by atoms with E-state index in [1.807, 2.05) is 6.07 Å². The number of nitrogens with two attached hydrogens (primary N) is 1. The summed E-state index contributed by atoms with van der Waals surface area (Å²) in [5.41, 5.74) is 7.07. The van der Waals surface area contributed by atoms with Crippen LogP contribution in [0.1, 0.15) is 37.6 Å². The summed E-state index contributed by atoms with van der Waals surface area (Å²) < 4.78 is 0. The molecule has 0 spiro atoms. The van der Waals surface area contributed by atoms with E-state index in [9.17, 15) is 4.79 Å². The number of hydrogen-bond acceptors (Lipinski definition) is 3. The Kier molecular flexibility index (Phi) is 5.01. The smallest absolute Gasteiger partial charge is 0.337 e. The van der Waals surface area contributed by atoms with Crippen LogP contribution in [0.3, 0.4) is 0 Å². The summed E-state index contributed by atoms with van der Waals surface area (Å²) in [7, 11) is 0. The van der Waals surface area contributed by atoms with Gasteiger partial charge in [0.15, 0.2) is 0 Å². The summed E-state index contributed by atoms with van der Waals surface area (Å²) in [5, 5.41) is 9.07. The summed E-state index contributed by atoms with van der Waals surface area (Å²) in [4.78, 5) is 13.2. The molecule has 18 heavy (non-hydrogen) atoms. The van der Waals surface area contributed by atoms with E-state index in [1.165, 1.54) is 0 Å². The molecule has 4 nitrogen and oxygen atoms in total. The number of rotatable bonds is 6. The molecule has 0 saturated heterocycles. The zero-order chi connectivity index (χ0) is 13.7. The molecule has 1 unspecified atom stereocenters. The Balaban J connectivity index is 2.99. The van der Waals surface area contributed by atoms with Crippen LogP contribution < -0.4 is 10.6 Å². The minimum atomic E-state index is -0.978. The molecule has 0 aliphatic heterocycles. The lowest BCUT2D eigenvalue weighted by Crippen LogP contribution is -2.28. The number of carbonyl (C=O) groups is 1. The number of carboxylic acids is 1. The predicted octanol–water partition coefficient (Wildman–Crippen LogP) is 2.84. The van der Waals surface area contributed by atoms with Gasteiger partial charge in [-0.2, -0.15) is 0 Å². The third-order valence-electron chi connectivity index (χ3n) is 3.24. The van der Waals surface area contributed by atoms with Gasteiger partial charge in [0.25, 0.3) is 0 Å². The second-order valence-corrected chi connectivity index (χ2v) is 4.63. The molecule has 0 aliphatic rings. The van der Waals surface area contributed by atoms with Crippen molar-refractivity contribution in [2.75, 3.05) is 23.7 Å². The van der Waals surface area contributed by atoms with Crippen molar-refractivity contribution < 1.29 is 9.90 Å². The predicted molar refractivity (Wildman–Crippen MR) is 75.2 cm³/mol. The van der Waals surface area contributed by atoms with Gasteiger partial charge in [-0.25, -0.2) is 4.79 Å². The fraction of sp³-hybridized carbons (Fsp3) is 0.500. The summed E-state index contributed by atoms with van der Waals surface area (Å²) >= 11 is 0. The number of carboxylic acid groups (broad SMARTS) is 1. The molecule has 0 saturated carbocycles. The minimum Gasteiger partial charge on any atom is -0.478 e. The molecule has 0 heterocycles. The van der Waals surface area contributed by atoms with Crippen LogP contribution in [-0.4, -0.2) is 24.2 Å². The Morgan fingerprint density at radius 1 is 1.44 bits per heavy atom.